The van der Waals surface area contributed by atoms with Gasteiger partial charge in [0.15, 0.2) is 0 Å². The predicted octanol–water partition coefficient (Wildman–Crippen LogP) is 1.79. The van der Waals surface area contributed by atoms with Gasteiger partial charge >= 0.3 is 23.9 Å². The van der Waals surface area contributed by atoms with Crippen LogP contribution in [0.4, 0.5) is 0 Å². The van der Waals surface area contributed by atoms with E-state index in [2.05, 4.69) is 9.78 Å². The van der Waals surface area contributed by atoms with Gasteiger partial charge in [-0.2, -0.15) is 0 Å². The average molecular weight is 342 g/mol. The minimum Gasteiger partial charge on any atom is -0.463 e. The molecule has 0 fully saturated rings. The van der Waals surface area contributed by atoms with Gasteiger partial charge in [0.2, 0.25) is 0 Å². The topological polar surface area (TPSA) is 105 Å². The van der Waals surface area contributed by atoms with Gasteiger partial charge in [0, 0.05) is 24.3 Å². The molecule has 0 amide bonds. The first-order chi connectivity index (χ1) is 11.5. The summed E-state index contributed by atoms with van der Waals surface area (Å²) in [4.78, 5) is 52.9. The van der Waals surface area contributed by atoms with Gasteiger partial charge in [-0.05, 0) is 12.8 Å². The van der Waals surface area contributed by atoms with Gasteiger partial charge in [-0.15, -0.1) is 0 Å². The Kier molecular flexibility index (Phi) is 12.4. The van der Waals surface area contributed by atoms with Crippen LogP contribution in [0.3, 0.4) is 0 Å². The van der Waals surface area contributed by atoms with Crippen molar-refractivity contribution in [3.63, 3.8) is 0 Å². The zero-order chi connectivity index (χ0) is 18.2. The molecule has 0 aromatic carbocycles. The van der Waals surface area contributed by atoms with Crippen molar-refractivity contribution in [3.05, 3.63) is 24.3 Å². The van der Waals surface area contributed by atoms with Gasteiger partial charge in [0.05, 0.1) is 13.2 Å². The van der Waals surface area contributed by atoms with Crippen molar-refractivity contribution in [1.82, 2.24) is 0 Å². The molecule has 0 saturated carbocycles. The number of carbonyl (C=O) groups excluding carboxylic acids is 4. The van der Waals surface area contributed by atoms with Gasteiger partial charge in [-0.3, -0.25) is 0 Å². The van der Waals surface area contributed by atoms with Crippen molar-refractivity contribution in [2.75, 3.05) is 13.2 Å². The first-order valence-corrected chi connectivity index (χ1v) is 7.61. The van der Waals surface area contributed by atoms with Crippen LogP contribution in [0.25, 0.3) is 0 Å². The molecule has 8 nitrogen and oxygen atoms in total. The number of rotatable bonds is 10. The number of hydrogen-bond donors (Lipinski definition) is 0. The number of esters is 2. The summed E-state index contributed by atoms with van der Waals surface area (Å²) in [6.45, 7) is 4.38. The molecule has 0 spiro atoms. The summed E-state index contributed by atoms with van der Waals surface area (Å²) >= 11 is 0. The maximum Gasteiger partial charge on any atom is 0.379 e. The molecule has 24 heavy (non-hydrogen) atoms. The largest absolute Gasteiger partial charge is 0.463 e. The number of ether oxygens (including phenoxy) is 2. The lowest BCUT2D eigenvalue weighted by Gasteiger charge is -2.00. The van der Waals surface area contributed by atoms with Crippen LogP contribution in [0.15, 0.2) is 24.3 Å². The van der Waals surface area contributed by atoms with Crippen molar-refractivity contribution in [2.24, 2.45) is 0 Å². The van der Waals surface area contributed by atoms with E-state index in [0.717, 1.165) is 50.0 Å². The molecule has 0 saturated heterocycles. The van der Waals surface area contributed by atoms with Crippen molar-refractivity contribution in [1.29, 1.82) is 0 Å². The summed E-state index contributed by atoms with van der Waals surface area (Å²) in [5.41, 5.74) is 0. The van der Waals surface area contributed by atoms with E-state index in [-0.39, 0.29) is 13.2 Å². The summed E-state index contributed by atoms with van der Waals surface area (Å²) < 4.78 is 9.52. The van der Waals surface area contributed by atoms with Crippen LogP contribution in [0.5, 0.6) is 0 Å². The fraction of sp³-hybridized carbons (Fsp3) is 0.500. The van der Waals surface area contributed by atoms with E-state index < -0.39 is 23.9 Å². The molecule has 0 atom stereocenters. The number of unbranched alkanes of at least 4 members (excludes halogenated alkanes) is 2. The second-order valence-electron chi connectivity index (χ2n) is 4.51. The van der Waals surface area contributed by atoms with Crippen LogP contribution in [0, 0.1) is 0 Å². The Morgan fingerprint density at radius 1 is 0.625 bits per heavy atom. The summed E-state index contributed by atoms with van der Waals surface area (Å²) in [6, 6.07) is 0. The van der Waals surface area contributed by atoms with Gasteiger partial charge in [0.25, 0.3) is 0 Å². The zero-order valence-corrected chi connectivity index (χ0v) is 13.8. The Hall–Kier alpha value is -2.64. The van der Waals surface area contributed by atoms with Gasteiger partial charge in [0.1, 0.15) is 0 Å². The number of hydrogen-bond acceptors (Lipinski definition) is 8. The standard InChI is InChI=1S/C16H22O8/c1-3-5-11-21-13(17)7-9-15(19)23-24-16(20)10-8-14(18)22-12-6-4-2/h7-10H,3-6,11-12H2,1-2H3. The van der Waals surface area contributed by atoms with E-state index in [1.54, 1.807) is 0 Å². The third kappa shape index (κ3) is 13.1. The minimum atomic E-state index is -1.07. The van der Waals surface area contributed by atoms with E-state index >= 15 is 0 Å². The fourth-order valence-corrected chi connectivity index (χ4v) is 1.14. The molecule has 0 bridgehead atoms. The second kappa shape index (κ2) is 14.0. The Balaban J connectivity index is 3.98. The first-order valence-electron chi connectivity index (χ1n) is 7.61. The van der Waals surface area contributed by atoms with Crippen LogP contribution >= 0.6 is 0 Å². The van der Waals surface area contributed by atoms with E-state index in [1.807, 2.05) is 13.8 Å². The van der Waals surface area contributed by atoms with Crippen molar-refractivity contribution in [3.8, 4) is 0 Å². The SMILES string of the molecule is CCCCOC(=O)C=CC(=O)OOC(=O)C=CC(=O)OCCCC. The maximum atomic E-state index is 11.2. The second-order valence-corrected chi connectivity index (χ2v) is 4.51. The zero-order valence-electron chi connectivity index (χ0n) is 13.8. The Bertz CT molecular complexity index is 434. The molecular formula is C16H22O8. The molecule has 0 rings (SSSR count). The maximum absolute atomic E-state index is 11.2. The highest BCUT2D eigenvalue weighted by molar-refractivity contribution is 5.93. The highest BCUT2D eigenvalue weighted by Crippen LogP contribution is 1.93. The Morgan fingerprint density at radius 2 is 0.958 bits per heavy atom. The molecule has 0 unspecified atom stereocenters. The number of carbonyl (C=O) groups is 4. The van der Waals surface area contributed by atoms with Gasteiger partial charge < -0.3 is 9.47 Å². The molecule has 0 aromatic heterocycles. The highest BCUT2D eigenvalue weighted by atomic mass is 17.2. The molecule has 0 N–H and O–H groups in total. The molecule has 0 aromatic rings. The van der Waals surface area contributed by atoms with Crippen molar-refractivity contribution in [2.45, 2.75) is 39.5 Å². The average Bonchev–Trinajstić information content (AvgIpc) is 2.56. The van der Waals surface area contributed by atoms with E-state index in [9.17, 15) is 19.2 Å². The van der Waals surface area contributed by atoms with Gasteiger partial charge in [-0.25, -0.2) is 29.0 Å². The molecule has 0 heterocycles. The summed E-state index contributed by atoms with van der Waals surface area (Å²) in [5.74, 6) is -3.56. The molecular weight excluding hydrogens is 320 g/mol. The lowest BCUT2D eigenvalue weighted by Crippen LogP contribution is -2.09. The normalized spacial score (nSPS) is 10.6. The quantitative estimate of drug-likeness (QED) is 0.194. The van der Waals surface area contributed by atoms with Crippen molar-refractivity contribution < 1.29 is 38.4 Å². The van der Waals surface area contributed by atoms with E-state index in [1.165, 1.54) is 0 Å². The van der Waals surface area contributed by atoms with E-state index in [0.29, 0.717) is 0 Å². The Labute approximate surface area is 140 Å². The van der Waals surface area contributed by atoms with E-state index in [4.69, 9.17) is 9.47 Å². The first kappa shape index (κ1) is 21.4. The highest BCUT2D eigenvalue weighted by Gasteiger charge is 2.06. The molecule has 0 radical (unpaired) electrons. The van der Waals surface area contributed by atoms with Gasteiger partial charge in [-0.1, -0.05) is 26.7 Å². The third-order valence-electron chi connectivity index (χ3n) is 2.40. The lowest BCUT2D eigenvalue weighted by molar-refractivity contribution is -0.250. The van der Waals surface area contributed by atoms with Crippen LogP contribution in [-0.2, 0) is 38.4 Å². The fourth-order valence-electron chi connectivity index (χ4n) is 1.14. The Morgan fingerprint density at radius 3 is 1.29 bits per heavy atom. The monoisotopic (exact) mass is 342 g/mol. The van der Waals surface area contributed by atoms with Crippen LogP contribution in [0.2, 0.25) is 0 Å². The minimum absolute atomic E-state index is 0.253. The summed E-state index contributed by atoms with van der Waals surface area (Å²) in [7, 11) is 0. The lowest BCUT2D eigenvalue weighted by atomic mass is 10.4. The molecule has 0 aliphatic heterocycles. The van der Waals surface area contributed by atoms with Crippen LogP contribution in [-0.4, -0.2) is 37.1 Å². The molecule has 8 heteroatoms. The summed E-state index contributed by atoms with van der Waals surface area (Å²) in [6.07, 6.45) is 6.39. The smallest absolute Gasteiger partial charge is 0.379 e. The van der Waals surface area contributed by atoms with Crippen LogP contribution < -0.4 is 0 Å². The molecule has 134 valence electrons. The predicted molar refractivity (Wildman–Crippen MR) is 82.2 cm³/mol. The van der Waals surface area contributed by atoms with Crippen molar-refractivity contribution >= 4 is 23.9 Å². The van der Waals surface area contributed by atoms with Crippen LogP contribution in [0.1, 0.15) is 39.5 Å². The summed E-state index contributed by atoms with van der Waals surface area (Å²) in [5, 5.41) is 0. The molecule has 0 aliphatic carbocycles. The third-order valence-corrected chi connectivity index (χ3v) is 2.40. The molecule has 0 aliphatic rings.